The van der Waals surface area contributed by atoms with Crippen molar-refractivity contribution >= 4 is 33.0 Å². The average molecular weight is 371 g/mol. The Morgan fingerprint density at radius 2 is 1.88 bits per heavy atom. The molecule has 1 amide bonds. The number of benzene rings is 2. The van der Waals surface area contributed by atoms with Gasteiger partial charge in [0, 0.05) is 28.4 Å². The van der Waals surface area contributed by atoms with Crippen LogP contribution >= 0.6 is 11.3 Å². The molecule has 2 aromatic carbocycles. The Labute approximate surface area is 156 Å². The van der Waals surface area contributed by atoms with E-state index in [4.69, 9.17) is 4.74 Å². The van der Waals surface area contributed by atoms with E-state index in [1.54, 1.807) is 13.2 Å². The second-order valence-corrected chi connectivity index (χ2v) is 8.26. The molecule has 0 unspecified atom stereocenters. The molecule has 0 radical (unpaired) electrons. The summed E-state index contributed by atoms with van der Waals surface area (Å²) in [4.78, 5) is 13.5. The molecule has 0 bridgehead atoms. The molecule has 0 atom stereocenters. The number of rotatable bonds is 4. The topological polar surface area (TPSA) is 38.3 Å². The van der Waals surface area contributed by atoms with Crippen LogP contribution in [0.3, 0.4) is 0 Å². The van der Waals surface area contributed by atoms with Crippen LogP contribution in [0.5, 0.6) is 0 Å². The van der Waals surface area contributed by atoms with Gasteiger partial charge in [0.25, 0.3) is 5.91 Å². The fraction of sp³-hybridized carbons (Fsp3) is 0.286. The molecule has 3 aromatic rings. The number of hydrogen-bond acceptors (Lipinski definition) is 3. The Bertz CT molecular complexity index is 956. The molecule has 1 aromatic heterocycles. The van der Waals surface area contributed by atoms with Gasteiger partial charge >= 0.3 is 0 Å². The minimum absolute atomic E-state index is 0.106. The van der Waals surface area contributed by atoms with Gasteiger partial charge in [0.15, 0.2) is 0 Å². The molecule has 1 heterocycles. The largest absolute Gasteiger partial charge is 0.380 e. The lowest BCUT2D eigenvalue weighted by Crippen LogP contribution is -2.18. The van der Waals surface area contributed by atoms with E-state index in [1.165, 1.54) is 17.4 Å². The molecule has 5 heteroatoms. The molecule has 1 N–H and O–H groups in total. The summed E-state index contributed by atoms with van der Waals surface area (Å²) in [5.41, 5.74) is 2.31. The number of anilines is 1. The van der Waals surface area contributed by atoms with Crippen molar-refractivity contribution in [3.63, 3.8) is 0 Å². The summed E-state index contributed by atoms with van der Waals surface area (Å²) in [7, 11) is 1.54. The lowest BCUT2D eigenvalue weighted by atomic mass is 9.86. The van der Waals surface area contributed by atoms with Gasteiger partial charge in [0.2, 0.25) is 0 Å². The molecular weight excluding hydrogens is 349 g/mol. The molecule has 0 aliphatic carbocycles. The molecule has 0 spiro atoms. The summed E-state index contributed by atoms with van der Waals surface area (Å²) in [6.07, 6.45) is 0. The summed E-state index contributed by atoms with van der Waals surface area (Å²) in [5.74, 6) is -0.575. The highest BCUT2D eigenvalue weighted by Crippen LogP contribution is 2.35. The van der Waals surface area contributed by atoms with Gasteiger partial charge in [0.1, 0.15) is 5.82 Å². The van der Waals surface area contributed by atoms with Crippen LogP contribution in [0.2, 0.25) is 0 Å². The van der Waals surface area contributed by atoms with E-state index >= 15 is 0 Å². The predicted molar refractivity (Wildman–Crippen MR) is 106 cm³/mol. The van der Waals surface area contributed by atoms with E-state index in [1.807, 2.05) is 30.3 Å². The van der Waals surface area contributed by atoms with Gasteiger partial charge in [-0.3, -0.25) is 4.79 Å². The SMILES string of the molecule is COCc1c(C(=O)Nc2ccccc2C(C)(C)C)sc2cccc(F)c12. The smallest absolute Gasteiger partial charge is 0.266 e. The van der Waals surface area contributed by atoms with Crippen molar-refractivity contribution in [1.82, 2.24) is 0 Å². The van der Waals surface area contributed by atoms with Crippen LogP contribution in [0.4, 0.5) is 10.1 Å². The second-order valence-electron chi connectivity index (χ2n) is 7.21. The standard InChI is InChI=1S/C21H22FNO2S/c1-21(2,3)14-8-5-6-10-16(14)23-20(24)19-13(12-25-4)18-15(22)9-7-11-17(18)26-19/h5-11H,12H2,1-4H3,(H,23,24). The highest BCUT2D eigenvalue weighted by atomic mass is 32.1. The molecule has 0 fully saturated rings. The number of halogens is 1. The maximum absolute atomic E-state index is 14.3. The van der Waals surface area contributed by atoms with Crippen LogP contribution in [0.15, 0.2) is 42.5 Å². The van der Waals surface area contributed by atoms with Crippen molar-refractivity contribution in [2.45, 2.75) is 32.8 Å². The van der Waals surface area contributed by atoms with Gasteiger partial charge in [-0.05, 0) is 29.2 Å². The van der Waals surface area contributed by atoms with Crippen molar-refractivity contribution in [1.29, 1.82) is 0 Å². The zero-order valence-corrected chi connectivity index (χ0v) is 16.2. The first-order valence-corrected chi connectivity index (χ1v) is 9.24. The van der Waals surface area contributed by atoms with Crippen molar-refractivity contribution in [2.75, 3.05) is 12.4 Å². The maximum Gasteiger partial charge on any atom is 0.266 e. The van der Waals surface area contributed by atoms with Crippen molar-refractivity contribution < 1.29 is 13.9 Å². The Hall–Kier alpha value is -2.24. The van der Waals surface area contributed by atoms with Crippen LogP contribution in [0.25, 0.3) is 10.1 Å². The molecule has 0 saturated heterocycles. The number of methoxy groups -OCH3 is 1. The van der Waals surface area contributed by atoms with E-state index in [2.05, 4.69) is 26.1 Å². The molecule has 3 nitrogen and oxygen atoms in total. The minimum Gasteiger partial charge on any atom is -0.380 e. The number of carbonyl (C=O) groups is 1. The number of amides is 1. The number of para-hydroxylation sites is 1. The van der Waals surface area contributed by atoms with Gasteiger partial charge in [-0.1, -0.05) is 45.0 Å². The highest BCUT2D eigenvalue weighted by Gasteiger charge is 2.23. The van der Waals surface area contributed by atoms with Crippen LogP contribution in [-0.4, -0.2) is 13.0 Å². The van der Waals surface area contributed by atoms with E-state index in [-0.39, 0.29) is 23.7 Å². The van der Waals surface area contributed by atoms with Crippen LogP contribution in [0, 0.1) is 5.82 Å². The Morgan fingerprint density at radius 1 is 1.15 bits per heavy atom. The zero-order chi connectivity index (χ0) is 18.9. The summed E-state index contributed by atoms with van der Waals surface area (Å²) < 4.78 is 20.3. The van der Waals surface area contributed by atoms with E-state index in [9.17, 15) is 9.18 Å². The molecule has 26 heavy (non-hydrogen) atoms. The first kappa shape index (κ1) is 18.5. The Morgan fingerprint density at radius 3 is 2.58 bits per heavy atom. The fourth-order valence-electron chi connectivity index (χ4n) is 3.06. The molecule has 0 saturated carbocycles. The number of thiophene rings is 1. The fourth-order valence-corrected chi connectivity index (χ4v) is 4.18. The number of fused-ring (bicyclic) bond motifs is 1. The van der Waals surface area contributed by atoms with Crippen LogP contribution in [-0.2, 0) is 16.8 Å². The van der Waals surface area contributed by atoms with E-state index < -0.39 is 0 Å². The summed E-state index contributed by atoms with van der Waals surface area (Å²) in [6.45, 7) is 6.49. The van der Waals surface area contributed by atoms with Crippen molar-refractivity contribution in [2.24, 2.45) is 0 Å². The summed E-state index contributed by atoms with van der Waals surface area (Å²) in [5, 5.41) is 3.47. The molecule has 3 rings (SSSR count). The molecule has 0 aliphatic heterocycles. The second kappa shape index (κ2) is 7.17. The van der Waals surface area contributed by atoms with E-state index in [0.29, 0.717) is 15.8 Å². The quantitative estimate of drug-likeness (QED) is 0.635. The van der Waals surface area contributed by atoms with Crippen LogP contribution in [0.1, 0.15) is 41.6 Å². The third-order valence-corrected chi connectivity index (χ3v) is 5.44. The number of nitrogens with one attached hydrogen (secondary N) is 1. The van der Waals surface area contributed by atoms with Gasteiger partial charge in [-0.25, -0.2) is 4.39 Å². The predicted octanol–water partition coefficient (Wildman–Crippen LogP) is 5.74. The summed E-state index contributed by atoms with van der Waals surface area (Å²) in [6, 6.07) is 12.6. The van der Waals surface area contributed by atoms with Gasteiger partial charge in [-0.2, -0.15) is 0 Å². The van der Waals surface area contributed by atoms with Gasteiger partial charge < -0.3 is 10.1 Å². The lowest BCUT2D eigenvalue weighted by Gasteiger charge is -2.23. The minimum atomic E-state index is -0.333. The average Bonchev–Trinajstić information content (AvgIpc) is 2.95. The number of hydrogen-bond donors (Lipinski definition) is 1. The van der Waals surface area contributed by atoms with Gasteiger partial charge in [0.05, 0.1) is 11.5 Å². The number of ether oxygens (including phenoxy) is 1. The summed E-state index contributed by atoms with van der Waals surface area (Å²) >= 11 is 1.29. The highest BCUT2D eigenvalue weighted by molar-refractivity contribution is 7.21. The van der Waals surface area contributed by atoms with Crippen LogP contribution < -0.4 is 5.32 Å². The monoisotopic (exact) mass is 371 g/mol. The third kappa shape index (κ3) is 3.50. The number of carbonyl (C=O) groups excluding carboxylic acids is 1. The molecule has 136 valence electrons. The van der Waals surface area contributed by atoms with Crippen molar-refractivity contribution in [3.8, 4) is 0 Å². The normalized spacial score (nSPS) is 11.7. The molecular formula is C21H22FNO2S. The van der Waals surface area contributed by atoms with Gasteiger partial charge in [-0.15, -0.1) is 11.3 Å². The first-order chi connectivity index (χ1) is 12.3. The maximum atomic E-state index is 14.3. The Kier molecular flexibility index (Phi) is 5.12. The first-order valence-electron chi connectivity index (χ1n) is 8.42. The Balaban J connectivity index is 2.04. The van der Waals surface area contributed by atoms with Crippen molar-refractivity contribution in [3.05, 3.63) is 64.3 Å². The molecule has 0 aliphatic rings. The lowest BCUT2D eigenvalue weighted by molar-refractivity contribution is 0.102. The zero-order valence-electron chi connectivity index (χ0n) is 15.4. The third-order valence-electron chi connectivity index (χ3n) is 4.24. The van der Waals surface area contributed by atoms with E-state index in [0.717, 1.165) is 16.0 Å².